The highest BCUT2D eigenvalue weighted by Crippen LogP contribution is 2.40. The van der Waals surface area contributed by atoms with Gasteiger partial charge in [-0.2, -0.15) is 26.3 Å². The Labute approximate surface area is 190 Å². The number of hydrogen-bond acceptors (Lipinski definition) is 5. The molecule has 16 heteroatoms. The van der Waals surface area contributed by atoms with Crippen LogP contribution in [0.25, 0.3) is 0 Å². The first-order valence-electron chi connectivity index (χ1n) is 9.78. The van der Waals surface area contributed by atoms with Gasteiger partial charge in [0.1, 0.15) is 5.82 Å². The van der Waals surface area contributed by atoms with Gasteiger partial charge in [-0.15, -0.1) is 0 Å². The van der Waals surface area contributed by atoms with Gasteiger partial charge in [0.25, 0.3) is 0 Å². The smallest absolute Gasteiger partial charge is 0.475 e. The number of aliphatic carboxylic acids is 2. The van der Waals surface area contributed by atoms with Crippen molar-refractivity contribution in [3.05, 3.63) is 17.7 Å². The monoisotopic (exact) mass is 505 g/mol. The Morgan fingerprint density at radius 1 is 0.971 bits per heavy atom. The Kier molecular flexibility index (Phi) is 9.32. The number of alkyl halides is 6. The molecule has 2 amide bonds. The highest BCUT2D eigenvalue weighted by molar-refractivity contribution is 5.74. The number of carboxylic acid groups (broad SMARTS) is 2. The van der Waals surface area contributed by atoms with Crippen molar-refractivity contribution >= 4 is 18.0 Å². The van der Waals surface area contributed by atoms with E-state index in [1.165, 1.54) is 11.5 Å². The Morgan fingerprint density at radius 2 is 1.41 bits per heavy atom. The van der Waals surface area contributed by atoms with Crippen LogP contribution in [0.15, 0.2) is 6.20 Å². The van der Waals surface area contributed by atoms with Crippen LogP contribution in [0, 0.1) is 6.92 Å². The molecule has 1 spiro atoms. The Balaban J connectivity index is 0.000000343. The fourth-order valence-electron chi connectivity index (χ4n) is 3.59. The number of urea groups is 1. The van der Waals surface area contributed by atoms with Crippen LogP contribution in [0.4, 0.5) is 31.1 Å². The average molecular weight is 505 g/mol. The number of nitrogens with zero attached hydrogens (tertiary/aromatic N) is 4. The van der Waals surface area contributed by atoms with Crippen molar-refractivity contribution in [3.63, 3.8) is 0 Å². The third-order valence-electron chi connectivity index (χ3n) is 5.44. The SMILES string of the molecule is CNC(=O)N1CCC2(CC1)c1ncc(C)n1CCN2C.O=C(O)C(F)(F)F.O=C(O)C(F)(F)F. The largest absolute Gasteiger partial charge is 0.490 e. The normalized spacial score (nSPS) is 17.5. The van der Waals surface area contributed by atoms with Gasteiger partial charge in [0, 0.05) is 45.1 Å². The molecule has 0 atom stereocenters. The van der Waals surface area contributed by atoms with Gasteiger partial charge in [-0.05, 0) is 26.8 Å². The lowest BCUT2D eigenvalue weighted by Crippen LogP contribution is -2.57. The zero-order chi connectivity index (χ0) is 26.5. The predicted molar refractivity (Wildman–Crippen MR) is 104 cm³/mol. The zero-order valence-corrected chi connectivity index (χ0v) is 18.5. The second-order valence-corrected chi connectivity index (χ2v) is 7.48. The zero-order valence-electron chi connectivity index (χ0n) is 18.5. The number of carbonyl (C=O) groups excluding carboxylic acids is 1. The molecule has 0 saturated carbocycles. The fraction of sp³-hybridized carbons (Fsp3) is 0.667. The van der Waals surface area contributed by atoms with Gasteiger partial charge < -0.3 is 25.0 Å². The molecule has 1 aromatic heterocycles. The molecule has 0 bridgehead atoms. The van der Waals surface area contributed by atoms with E-state index in [9.17, 15) is 31.1 Å². The van der Waals surface area contributed by atoms with E-state index in [1.807, 2.05) is 11.1 Å². The van der Waals surface area contributed by atoms with Crippen molar-refractivity contribution in [2.75, 3.05) is 33.7 Å². The van der Waals surface area contributed by atoms with E-state index in [2.05, 4.69) is 33.7 Å². The average Bonchev–Trinajstić information content (AvgIpc) is 3.12. The molecule has 0 aromatic carbocycles. The number of aromatic nitrogens is 2. The van der Waals surface area contributed by atoms with E-state index >= 15 is 0 Å². The summed E-state index contributed by atoms with van der Waals surface area (Å²) in [5, 5.41) is 17.0. The number of likely N-dealkylation sites (tertiary alicyclic amines) is 1. The number of nitrogens with one attached hydrogen (secondary N) is 1. The van der Waals surface area contributed by atoms with Crippen LogP contribution in [-0.4, -0.2) is 93.6 Å². The van der Waals surface area contributed by atoms with Gasteiger partial charge in [-0.3, -0.25) is 4.90 Å². The summed E-state index contributed by atoms with van der Waals surface area (Å²) in [5.74, 6) is -4.33. The van der Waals surface area contributed by atoms with E-state index < -0.39 is 24.3 Å². The lowest BCUT2D eigenvalue weighted by atomic mass is 9.83. The van der Waals surface area contributed by atoms with Crippen molar-refractivity contribution in [2.24, 2.45) is 0 Å². The molecule has 2 aliphatic rings. The molecular weight excluding hydrogens is 480 g/mol. The Morgan fingerprint density at radius 3 is 1.79 bits per heavy atom. The lowest BCUT2D eigenvalue weighted by Gasteiger charge is -2.49. The Bertz CT molecular complexity index is 854. The minimum absolute atomic E-state index is 0.00295. The first-order chi connectivity index (χ1) is 15.5. The summed E-state index contributed by atoms with van der Waals surface area (Å²) in [6.07, 6.45) is -6.29. The van der Waals surface area contributed by atoms with Gasteiger partial charge in [-0.1, -0.05) is 0 Å². The van der Waals surface area contributed by atoms with Crippen molar-refractivity contribution < 1.29 is 50.9 Å². The molecule has 0 unspecified atom stereocenters. The number of halogens is 6. The Hall–Kier alpha value is -3.04. The van der Waals surface area contributed by atoms with Gasteiger partial charge in [0.05, 0.1) is 5.54 Å². The molecule has 10 nitrogen and oxygen atoms in total. The molecule has 1 saturated heterocycles. The van der Waals surface area contributed by atoms with Gasteiger partial charge >= 0.3 is 30.3 Å². The van der Waals surface area contributed by atoms with E-state index in [4.69, 9.17) is 19.8 Å². The number of likely N-dealkylation sites (N-methyl/N-ethyl adjacent to an activating group) is 1. The molecule has 0 aliphatic carbocycles. The fourth-order valence-corrected chi connectivity index (χ4v) is 3.59. The molecule has 34 heavy (non-hydrogen) atoms. The number of piperidine rings is 1. The number of rotatable bonds is 0. The van der Waals surface area contributed by atoms with Gasteiger partial charge in [-0.25, -0.2) is 19.4 Å². The molecular formula is C18H25F6N5O5. The highest BCUT2D eigenvalue weighted by Gasteiger charge is 2.46. The van der Waals surface area contributed by atoms with Crippen LogP contribution < -0.4 is 5.32 Å². The second-order valence-electron chi connectivity index (χ2n) is 7.48. The standard InChI is InChI=1S/C14H23N5O.2C2HF3O2/c1-11-10-16-12-14(17(3)8-9-19(11)12)4-6-18(7-5-14)13(20)15-2;2*3-2(4,5)1(6)7/h10H,4-9H2,1-3H3,(H,15,20);2*(H,6,7). The number of amides is 2. The van der Waals surface area contributed by atoms with Crippen LogP contribution in [0.2, 0.25) is 0 Å². The summed E-state index contributed by atoms with van der Waals surface area (Å²) in [6.45, 7) is 5.75. The lowest BCUT2D eigenvalue weighted by molar-refractivity contribution is -0.193. The topological polar surface area (TPSA) is 128 Å². The molecule has 3 N–H and O–H groups in total. The van der Waals surface area contributed by atoms with Crippen molar-refractivity contribution in [3.8, 4) is 0 Å². The molecule has 1 aromatic rings. The van der Waals surface area contributed by atoms with Crippen LogP contribution in [0.5, 0.6) is 0 Å². The van der Waals surface area contributed by atoms with E-state index in [0.29, 0.717) is 0 Å². The van der Waals surface area contributed by atoms with Crippen molar-refractivity contribution in [1.82, 2.24) is 24.7 Å². The number of aryl methyl sites for hydroxylation is 1. The molecule has 3 rings (SSSR count). The quantitative estimate of drug-likeness (QED) is 0.461. The third-order valence-corrected chi connectivity index (χ3v) is 5.44. The first kappa shape index (κ1) is 29.0. The van der Waals surface area contributed by atoms with E-state index in [-0.39, 0.29) is 11.6 Å². The summed E-state index contributed by atoms with van der Waals surface area (Å²) < 4.78 is 65.8. The number of imidazole rings is 1. The maximum absolute atomic E-state index is 11.7. The minimum atomic E-state index is -5.08. The summed E-state index contributed by atoms with van der Waals surface area (Å²) in [4.78, 5) is 38.5. The second kappa shape index (κ2) is 10.9. The predicted octanol–water partition coefficient (Wildman–Crippen LogP) is 2.03. The van der Waals surface area contributed by atoms with Gasteiger partial charge in [0.15, 0.2) is 0 Å². The molecule has 1 fully saturated rings. The number of fused-ring (bicyclic) bond motifs is 2. The maximum Gasteiger partial charge on any atom is 0.490 e. The summed E-state index contributed by atoms with van der Waals surface area (Å²) in [6, 6.07) is 0.0258. The molecule has 3 heterocycles. The molecule has 194 valence electrons. The number of carbonyl (C=O) groups is 3. The number of hydrogen-bond donors (Lipinski definition) is 3. The highest BCUT2D eigenvalue weighted by atomic mass is 19.4. The maximum atomic E-state index is 11.7. The van der Waals surface area contributed by atoms with E-state index in [1.54, 1.807) is 7.05 Å². The first-order valence-corrected chi connectivity index (χ1v) is 9.78. The number of carboxylic acids is 2. The van der Waals surface area contributed by atoms with Crippen LogP contribution >= 0.6 is 0 Å². The van der Waals surface area contributed by atoms with Crippen molar-refractivity contribution in [1.29, 1.82) is 0 Å². The van der Waals surface area contributed by atoms with Crippen LogP contribution in [-0.2, 0) is 21.7 Å². The summed E-state index contributed by atoms with van der Waals surface area (Å²) in [7, 11) is 3.87. The van der Waals surface area contributed by atoms with Crippen molar-refractivity contribution in [2.45, 2.75) is 44.2 Å². The summed E-state index contributed by atoms with van der Waals surface area (Å²) >= 11 is 0. The van der Waals surface area contributed by atoms with Gasteiger partial charge in [0.2, 0.25) is 0 Å². The third kappa shape index (κ3) is 6.98. The molecule has 0 radical (unpaired) electrons. The minimum Gasteiger partial charge on any atom is -0.475 e. The van der Waals surface area contributed by atoms with E-state index in [0.717, 1.165) is 39.0 Å². The van der Waals surface area contributed by atoms with Crippen LogP contribution in [0.1, 0.15) is 24.4 Å². The van der Waals surface area contributed by atoms with Crippen LogP contribution in [0.3, 0.4) is 0 Å². The molecule has 2 aliphatic heterocycles. The summed E-state index contributed by atoms with van der Waals surface area (Å²) in [5.41, 5.74) is 1.23.